The van der Waals surface area contributed by atoms with Crippen LogP contribution >= 0.6 is 0 Å². The lowest BCUT2D eigenvalue weighted by Gasteiger charge is -2.35. The third-order valence-electron chi connectivity index (χ3n) is 6.14. The molecule has 0 saturated carbocycles. The van der Waals surface area contributed by atoms with Crippen molar-refractivity contribution in [3.63, 3.8) is 0 Å². The van der Waals surface area contributed by atoms with E-state index in [-0.39, 0.29) is 29.6 Å². The van der Waals surface area contributed by atoms with Gasteiger partial charge in [-0.15, -0.1) is 0 Å². The van der Waals surface area contributed by atoms with Crippen LogP contribution < -0.4 is 4.74 Å². The first-order valence-electron chi connectivity index (χ1n) is 10.5. The van der Waals surface area contributed by atoms with Gasteiger partial charge in [-0.1, -0.05) is 18.2 Å². The SMILES string of the molecule is CC(=O)N1CCC(C(=O)N2Cc3cc(-c4cccc(F)c4)ccc3OCC2C)CC1. The Morgan fingerprint density at radius 3 is 2.50 bits per heavy atom. The second-order valence-electron chi connectivity index (χ2n) is 8.24. The fourth-order valence-electron chi connectivity index (χ4n) is 4.30. The largest absolute Gasteiger partial charge is 0.491 e. The molecule has 0 radical (unpaired) electrons. The molecule has 0 N–H and O–H groups in total. The molecule has 30 heavy (non-hydrogen) atoms. The van der Waals surface area contributed by atoms with Gasteiger partial charge in [0.1, 0.15) is 18.2 Å². The Kier molecular flexibility index (Phi) is 5.75. The number of piperidine rings is 1. The highest BCUT2D eigenvalue weighted by molar-refractivity contribution is 5.80. The van der Waals surface area contributed by atoms with E-state index in [2.05, 4.69) is 0 Å². The molecule has 2 aromatic rings. The fraction of sp³-hybridized carbons (Fsp3) is 0.417. The van der Waals surface area contributed by atoms with E-state index < -0.39 is 0 Å². The van der Waals surface area contributed by atoms with Crippen molar-refractivity contribution in [1.82, 2.24) is 9.80 Å². The molecule has 0 bridgehead atoms. The predicted octanol–water partition coefficient (Wildman–Crippen LogP) is 3.86. The van der Waals surface area contributed by atoms with Crippen LogP contribution in [0.3, 0.4) is 0 Å². The van der Waals surface area contributed by atoms with Crippen LogP contribution in [0.2, 0.25) is 0 Å². The molecule has 2 aliphatic rings. The summed E-state index contributed by atoms with van der Waals surface area (Å²) in [6, 6.07) is 12.3. The number of hydrogen-bond acceptors (Lipinski definition) is 3. The van der Waals surface area contributed by atoms with Crippen molar-refractivity contribution in [2.45, 2.75) is 39.3 Å². The number of amides is 2. The fourth-order valence-corrected chi connectivity index (χ4v) is 4.30. The topological polar surface area (TPSA) is 49.9 Å². The van der Waals surface area contributed by atoms with Crippen LogP contribution in [0.5, 0.6) is 5.75 Å². The lowest BCUT2D eigenvalue weighted by molar-refractivity contribution is -0.142. The van der Waals surface area contributed by atoms with Crippen molar-refractivity contribution < 1.29 is 18.7 Å². The third-order valence-corrected chi connectivity index (χ3v) is 6.14. The van der Waals surface area contributed by atoms with E-state index >= 15 is 0 Å². The number of nitrogens with zero attached hydrogens (tertiary/aromatic N) is 2. The molecule has 1 atom stereocenters. The molecule has 5 nitrogen and oxygen atoms in total. The monoisotopic (exact) mass is 410 g/mol. The number of benzene rings is 2. The Morgan fingerprint density at radius 2 is 1.80 bits per heavy atom. The summed E-state index contributed by atoms with van der Waals surface area (Å²) in [4.78, 5) is 28.6. The van der Waals surface area contributed by atoms with E-state index in [0.717, 1.165) is 22.4 Å². The maximum Gasteiger partial charge on any atom is 0.226 e. The number of hydrogen-bond donors (Lipinski definition) is 0. The van der Waals surface area contributed by atoms with Crippen molar-refractivity contribution in [1.29, 1.82) is 0 Å². The summed E-state index contributed by atoms with van der Waals surface area (Å²) in [6.45, 7) is 5.73. The van der Waals surface area contributed by atoms with Crippen LogP contribution in [0.15, 0.2) is 42.5 Å². The van der Waals surface area contributed by atoms with Gasteiger partial charge in [0.2, 0.25) is 11.8 Å². The number of carbonyl (C=O) groups is 2. The van der Waals surface area contributed by atoms with Crippen LogP contribution in [0.25, 0.3) is 11.1 Å². The molecule has 2 heterocycles. The Morgan fingerprint density at radius 1 is 1.07 bits per heavy atom. The van der Waals surface area contributed by atoms with Crippen molar-refractivity contribution in [2.75, 3.05) is 19.7 Å². The molecule has 1 saturated heterocycles. The summed E-state index contributed by atoms with van der Waals surface area (Å²) in [7, 11) is 0. The molecule has 0 aliphatic carbocycles. The standard InChI is InChI=1S/C24H27FN2O3/c1-16-15-30-23-7-6-20(19-4-3-5-22(25)13-19)12-21(23)14-27(16)24(29)18-8-10-26(11-9-18)17(2)28/h3-7,12-13,16,18H,8-11,14-15H2,1-2H3. The first-order chi connectivity index (χ1) is 14.4. The van der Waals surface area contributed by atoms with E-state index in [1.165, 1.54) is 12.1 Å². The minimum Gasteiger partial charge on any atom is -0.491 e. The molecule has 2 aliphatic heterocycles. The molecule has 1 fully saturated rings. The normalized spacial score (nSPS) is 19.6. The van der Waals surface area contributed by atoms with Gasteiger partial charge in [-0.3, -0.25) is 9.59 Å². The van der Waals surface area contributed by atoms with Crippen molar-refractivity contribution in [2.24, 2.45) is 5.92 Å². The van der Waals surface area contributed by atoms with Gasteiger partial charge in [0, 0.05) is 38.0 Å². The van der Waals surface area contributed by atoms with Gasteiger partial charge in [-0.2, -0.15) is 0 Å². The van der Waals surface area contributed by atoms with Crippen LogP contribution in [0, 0.1) is 11.7 Å². The van der Waals surface area contributed by atoms with Crippen molar-refractivity contribution in [3.05, 3.63) is 53.8 Å². The van der Waals surface area contributed by atoms with Gasteiger partial charge >= 0.3 is 0 Å². The Labute approximate surface area is 176 Å². The molecule has 158 valence electrons. The number of carbonyl (C=O) groups excluding carboxylic acids is 2. The molecular formula is C24H27FN2O3. The average molecular weight is 410 g/mol. The average Bonchev–Trinajstić information content (AvgIpc) is 2.92. The van der Waals surface area contributed by atoms with E-state index in [4.69, 9.17) is 4.74 Å². The molecule has 2 aromatic carbocycles. The van der Waals surface area contributed by atoms with Gasteiger partial charge in [0.15, 0.2) is 0 Å². The van der Waals surface area contributed by atoms with E-state index in [1.54, 1.807) is 17.9 Å². The second-order valence-corrected chi connectivity index (χ2v) is 8.24. The van der Waals surface area contributed by atoms with Gasteiger partial charge in [-0.05, 0) is 55.2 Å². The molecular weight excluding hydrogens is 383 g/mol. The zero-order valence-electron chi connectivity index (χ0n) is 17.4. The molecule has 1 unspecified atom stereocenters. The van der Waals surface area contributed by atoms with Gasteiger partial charge in [-0.25, -0.2) is 4.39 Å². The van der Waals surface area contributed by atoms with Crippen molar-refractivity contribution >= 4 is 11.8 Å². The molecule has 0 aromatic heterocycles. The van der Waals surface area contributed by atoms with E-state index in [1.807, 2.05) is 36.1 Å². The summed E-state index contributed by atoms with van der Waals surface area (Å²) >= 11 is 0. The summed E-state index contributed by atoms with van der Waals surface area (Å²) in [6.07, 6.45) is 1.39. The summed E-state index contributed by atoms with van der Waals surface area (Å²) in [5, 5.41) is 0. The van der Waals surface area contributed by atoms with E-state index in [9.17, 15) is 14.0 Å². The van der Waals surface area contributed by atoms with Gasteiger partial charge in [0.25, 0.3) is 0 Å². The molecule has 0 spiro atoms. The number of fused-ring (bicyclic) bond motifs is 1. The number of rotatable bonds is 2. The maximum atomic E-state index is 13.7. The Bertz CT molecular complexity index is 953. The van der Waals surface area contributed by atoms with Crippen molar-refractivity contribution in [3.8, 4) is 16.9 Å². The Hall–Kier alpha value is -2.89. The minimum absolute atomic E-state index is 0.0478. The lowest BCUT2D eigenvalue weighted by Crippen LogP contribution is -2.47. The molecule has 6 heteroatoms. The number of halogens is 1. The minimum atomic E-state index is -0.277. The first kappa shape index (κ1) is 20.4. The smallest absolute Gasteiger partial charge is 0.226 e. The van der Waals surface area contributed by atoms with Crippen LogP contribution in [-0.4, -0.2) is 47.4 Å². The van der Waals surface area contributed by atoms with Crippen LogP contribution in [0.4, 0.5) is 4.39 Å². The number of likely N-dealkylation sites (tertiary alicyclic amines) is 1. The zero-order valence-corrected chi connectivity index (χ0v) is 17.4. The Balaban J connectivity index is 1.55. The zero-order chi connectivity index (χ0) is 21.3. The highest BCUT2D eigenvalue weighted by Crippen LogP contribution is 2.32. The van der Waals surface area contributed by atoms with Crippen LogP contribution in [-0.2, 0) is 16.1 Å². The quantitative estimate of drug-likeness (QED) is 0.755. The van der Waals surface area contributed by atoms with Gasteiger partial charge < -0.3 is 14.5 Å². The maximum absolute atomic E-state index is 13.7. The number of ether oxygens (including phenoxy) is 1. The highest BCUT2D eigenvalue weighted by atomic mass is 19.1. The van der Waals surface area contributed by atoms with Gasteiger partial charge in [0.05, 0.1) is 6.04 Å². The third kappa shape index (κ3) is 4.18. The first-order valence-corrected chi connectivity index (χ1v) is 10.5. The predicted molar refractivity (Wildman–Crippen MR) is 112 cm³/mol. The lowest BCUT2D eigenvalue weighted by atomic mass is 9.94. The second kappa shape index (κ2) is 8.46. The summed E-state index contributed by atoms with van der Waals surface area (Å²) in [5.41, 5.74) is 2.62. The molecule has 2 amide bonds. The molecule has 4 rings (SSSR count). The van der Waals surface area contributed by atoms with Crippen LogP contribution in [0.1, 0.15) is 32.3 Å². The van der Waals surface area contributed by atoms with E-state index in [0.29, 0.717) is 39.1 Å². The summed E-state index contributed by atoms with van der Waals surface area (Å²) in [5.74, 6) is 0.607. The highest BCUT2D eigenvalue weighted by Gasteiger charge is 2.33. The summed E-state index contributed by atoms with van der Waals surface area (Å²) < 4.78 is 19.6.